The second kappa shape index (κ2) is 11.2. The standard InChI is InChI=1S/C9H11NS.2C2H6/c1-4-7(2)5-9-8(3)10-6-11-9;2*1-2/h4-6H,1H2,2-3H3;2*1-2H3/b7-5-;;. The maximum absolute atomic E-state index is 4.14. The van der Waals surface area contributed by atoms with E-state index in [1.165, 1.54) is 10.5 Å². The summed E-state index contributed by atoms with van der Waals surface area (Å²) in [5.41, 5.74) is 4.13. The Labute approximate surface area is 98.6 Å². The summed E-state index contributed by atoms with van der Waals surface area (Å²) in [4.78, 5) is 5.37. The molecule has 1 aromatic heterocycles. The van der Waals surface area contributed by atoms with Crippen molar-refractivity contribution in [2.24, 2.45) is 0 Å². The van der Waals surface area contributed by atoms with Gasteiger partial charge >= 0.3 is 0 Å². The summed E-state index contributed by atoms with van der Waals surface area (Å²) in [6, 6.07) is 0. The van der Waals surface area contributed by atoms with Crippen LogP contribution in [-0.2, 0) is 0 Å². The van der Waals surface area contributed by atoms with Crippen molar-refractivity contribution in [1.82, 2.24) is 4.98 Å². The molecule has 0 aromatic carbocycles. The lowest BCUT2D eigenvalue weighted by atomic mass is 10.2. The molecule has 86 valence electrons. The molecule has 0 saturated carbocycles. The largest absolute Gasteiger partial charge is 0.249 e. The van der Waals surface area contributed by atoms with Gasteiger partial charge in [-0.05, 0) is 19.9 Å². The third-order valence-electron chi connectivity index (χ3n) is 1.46. The molecule has 0 amide bonds. The average Bonchev–Trinajstić information content (AvgIpc) is 2.70. The topological polar surface area (TPSA) is 12.9 Å². The van der Waals surface area contributed by atoms with E-state index in [2.05, 4.69) is 17.6 Å². The number of hydrogen-bond acceptors (Lipinski definition) is 2. The van der Waals surface area contributed by atoms with Gasteiger partial charge in [-0.3, -0.25) is 0 Å². The molecule has 1 heterocycles. The smallest absolute Gasteiger partial charge is 0.0801 e. The second-order valence-electron chi connectivity index (χ2n) is 2.39. The van der Waals surface area contributed by atoms with Crippen molar-refractivity contribution < 1.29 is 0 Å². The lowest BCUT2D eigenvalue weighted by Gasteiger charge is -1.89. The quantitative estimate of drug-likeness (QED) is 0.639. The van der Waals surface area contributed by atoms with E-state index in [1.54, 1.807) is 11.3 Å². The first kappa shape index (κ1) is 16.5. The molecule has 0 bridgehead atoms. The molecule has 1 aromatic rings. The Kier molecular flexibility index (Phi) is 12.3. The van der Waals surface area contributed by atoms with Crippen LogP contribution in [0.1, 0.15) is 45.2 Å². The summed E-state index contributed by atoms with van der Waals surface area (Å²) in [5.74, 6) is 0. The van der Waals surface area contributed by atoms with Gasteiger partial charge in [-0.15, -0.1) is 11.3 Å². The molecule has 15 heavy (non-hydrogen) atoms. The van der Waals surface area contributed by atoms with Gasteiger partial charge in [-0.25, -0.2) is 4.98 Å². The van der Waals surface area contributed by atoms with Crippen molar-refractivity contribution in [3.63, 3.8) is 0 Å². The van der Waals surface area contributed by atoms with Crippen molar-refractivity contribution >= 4 is 17.4 Å². The molecular weight excluding hydrogens is 202 g/mol. The van der Waals surface area contributed by atoms with E-state index < -0.39 is 0 Å². The first-order valence-electron chi connectivity index (χ1n) is 5.45. The Morgan fingerprint density at radius 2 is 1.87 bits per heavy atom. The van der Waals surface area contributed by atoms with Crippen LogP contribution in [0.15, 0.2) is 23.7 Å². The van der Waals surface area contributed by atoms with Crippen LogP contribution in [0.5, 0.6) is 0 Å². The van der Waals surface area contributed by atoms with Crippen molar-refractivity contribution in [3.8, 4) is 0 Å². The zero-order chi connectivity index (χ0) is 12.3. The summed E-state index contributed by atoms with van der Waals surface area (Å²) < 4.78 is 0. The number of aryl methyl sites for hydroxylation is 1. The molecule has 0 unspecified atom stereocenters. The van der Waals surface area contributed by atoms with Gasteiger partial charge in [0, 0.05) is 0 Å². The number of nitrogens with zero attached hydrogens (tertiary/aromatic N) is 1. The SMILES string of the molecule is C=C/C(C)=C\c1scnc1C.CC.CC. The maximum atomic E-state index is 4.14. The minimum atomic E-state index is 1.09. The fraction of sp³-hybridized carbons (Fsp3) is 0.462. The minimum absolute atomic E-state index is 1.09. The van der Waals surface area contributed by atoms with Crippen LogP contribution in [-0.4, -0.2) is 4.98 Å². The first-order valence-corrected chi connectivity index (χ1v) is 6.33. The molecule has 0 saturated heterocycles. The zero-order valence-electron chi connectivity index (χ0n) is 10.8. The van der Waals surface area contributed by atoms with Gasteiger partial charge < -0.3 is 0 Å². The zero-order valence-corrected chi connectivity index (χ0v) is 11.6. The van der Waals surface area contributed by atoms with Gasteiger partial charge in [-0.1, -0.05) is 45.9 Å². The predicted octanol–water partition coefficient (Wildman–Crippen LogP) is 5.09. The van der Waals surface area contributed by atoms with Crippen LogP contribution < -0.4 is 0 Å². The van der Waals surface area contributed by atoms with Crippen molar-refractivity contribution in [3.05, 3.63) is 34.3 Å². The molecule has 2 heteroatoms. The molecule has 0 radical (unpaired) electrons. The van der Waals surface area contributed by atoms with E-state index in [0.29, 0.717) is 0 Å². The molecule has 0 aliphatic carbocycles. The Morgan fingerprint density at radius 3 is 2.20 bits per heavy atom. The normalized spacial score (nSPS) is 9.33. The summed E-state index contributed by atoms with van der Waals surface area (Å²) >= 11 is 1.66. The summed E-state index contributed by atoms with van der Waals surface area (Å²) in [7, 11) is 0. The Morgan fingerprint density at radius 1 is 1.33 bits per heavy atom. The first-order chi connectivity index (χ1) is 7.24. The molecule has 0 N–H and O–H groups in total. The number of allylic oxidation sites excluding steroid dienone is 2. The fourth-order valence-corrected chi connectivity index (χ4v) is 1.52. The van der Waals surface area contributed by atoms with Crippen LogP contribution in [0.2, 0.25) is 0 Å². The minimum Gasteiger partial charge on any atom is -0.249 e. The highest BCUT2D eigenvalue weighted by Crippen LogP contribution is 2.16. The monoisotopic (exact) mass is 225 g/mol. The number of aromatic nitrogens is 1. The highest BCUT2D eigenvalue weighted by Gasteiger charge is 1.95. The van der Waals surface area contributed by atoms with E-state index >= 15 is 0 Å². The molecule has 0 atom stereocenters. The van der Waals surface area contributed by atoms with Gasteiger partial charge in [0.05, 0.1) is 16.1 Å². The lowest BCUT2D eigenvalue weighted by Crippen LogP contribution is -1.73. The highest BCUT2D eigenvalue weighted by atomic mass is 32.1. The Bertz CT molecular complexity index is 284. The maximum Gasteiger partial charge on any atom is 0.0801 e. The van der Waals surface area contributed by atoms with E-state index in [0.717, 1.165) is 5.69 Å². The number of thiazole rings is 1. The fourth-order valence-electron chi connectivity index (χ4n) is 0.715. The van der Waals surface area contributed by atoms with Gasteiger partial charge in [0.15, 0.2) is 0 Å². The average molecular weight is 225 g/mol. The second-order valence-corrected chi connectivity index (χ2v) is 3.28. The number of rotatable bonds is 2. The molecular formula is C13H23NS. The molecule has 1 nitrogen and oxygen atoms in total. The Balaban J connectivity index is 0. The number of hydrogen-bond donors (Lipinski definition) is 0. The molecule has 0 spiro atoms. The lowest BCUT2D eigenvalue weighted by molar-refractivity contribution is 1.26. The van der Waals surface area contributed by atoms with E-state index in [9.17, 15) is 0 Å². The van der Waals surface area contributed by atoms with Crippen molar-refractivity contribution in [2.75, 3.05) is 0 Å². The van der Waals surface area contributed by atoms with Gasteiger partial charge in [0.25, 0.3) is 0 Å². The summed E-state index contributed by atoms with van der Waals surface area (Å²) in [6.45, 7) is 15.7. The molecule has 0 fully saturated rings. The summed E-state index contributed by atoms with van der Waals surface area (Å²) in [5, 5.41) is 0. The third-order valence-corrected chi connectivity index (χ3v) is 2.34. The molecule has 0 aliphatic heterocycles. The van der Waals surface area contributed by atoms with Crippen LogP contribution in [0.25, 0.3) is 6.08 Å². The molecule has 1 rings (SSSR count). The van der Waals surface area contributed by atoms with Crippen LogP contribution in [0.4, 0.5) is 0 Å². The van der Waals surface area contributed by atoms with Gasteiger partial charge in [0.1, 0.15) is 0 Å². The van der Waals surface area contributed by atoms with Gasteiger partial charge in [0.2, 0.25) is 0 Å². The van der Waals surface area contributed by atoms with Crippen LogP contribution in [0.3, 0.4) is 0 Å². The van der Waals surface area contributed by atoms with E-state index in [4.69, 9.17) is 0 Å². The van der Waals surface area contributed by atoms with Crippen LogP contribution >= 0.6 is 11.3 Å². The van der Waals surface area contributed by atoms with Crippen molar-refractivity contribution in [2.45, 2.75) is 41.5 Å². The van der Waals surface area contributed by atoms with Crippen LogP contribution in [0, 0.1) is 6.92 Å². The summed E-state index contributed by atoms with van der Waals surface area (Å²) in [6.07, 6.45) is 3.94. The van der Waals surface area contributed by atoms with Crippen molar-refractivity contribution in [1.29, 1.82) is 0 Å². The van der Waals surface area contributed by atoms with E-state index in [-0.39, 0.29) is 0 Å². The Hall–Kier alpha value is -0.890. The third kappa shape index (κ3) is 7.09. The van der Waals surface area contributed by atoms with E-state index in [1.807, 2.05) is 53.1 Å². The highest BCUT2D eigenvalue weighted by molar-refractivity contribution is 7.10. The predicted molar refractivity (Wildman–Crippen MR) is 73.4 cm³/mol. The molecule has 0 aliphatic rings. The van der Waals surface area contributed by atoms with Gasteiger partial charge in [-0.2, -0.15) is 0 Å².